The molecule has 1 aromatic rings. The zero-order valence-electron chi connectivity index (χ0n) is 7.78. The van der Waals surface area contributed by atoms with Crippen LogP contribution in [0.15, 0.2) is 6.07 Å². The Labute approximate surface area is 79.7 Å². The molecular formula is C8H12F3N3. The molecule has 0 amide bonds. The molecule has 1 aromatic heterocycles. The SMILES string of the molecule is CNCCCc1cc(C(F)(F)F)n[nH]1. The van der Waals surface area contributed by atoms with Crippen molar-refractivity contribution in [3.05, 3.63) is 17.5 Å². The van der Waals surface area contributed by atoms with Crippen LogP contribution < -0.4 is 5.32 Å². The zero-order chi connectivity index (χ0) is 10.6. The van der Waals surface area contributed by atoms with E-state index in [4.69, 9.17) is 0 Å². The van der Waals surface area contributed by atoms with Crippen molar-refractivity contribution in [2.45, 2.75) is 19.0 Å². The van der Waals surface area contributed by atoms with E-state index >= 15 is 0 Å². The summed E-state index contributed by atoms with van der Waals surface area (Å²) in [4.78, 5) is 0. The van der Waals surface area contributed by atoms with Gasteiger partial charge in [-0.05, 0) is 32.5 Å². The molecule has 0 aliphatic rings. The number of hydrogen-bond donors (Lipinski definition) is 2. The molecule has 0 saturated carbocycles. The summed E-state index contributed by atoms with van der Waals surface area (Å²) in [5.74, 6) is 0. The molecule has 1 rings (SSSR count). The summed E-state index contributed by atoms with van der Waals surface area (Å²) in [6.07, 6.45) is -2.99. The normalized spacial score (nSPS) is 12.0. The molecule has 0 radical (unpaired) electrons. The van der Waals surface area contributed by atoms with Gasteiger partial charge in [0.25, 0.3) is 0 Å². The first-order valence-corrected chi connectivity index (χ1v) is 4.30. The van der Waals surface area contributed by atoms with Gasteiger partial charge in [-0.3, -0.25) is 5.10 Å². The predicted octanol–water partition coefficient (Wildman–Crippen LogP) is 1.58. The number of aryl methyl sites for hydroxylation is 1. The van der Waals surface area contributed by atoms with Crippen molar-refractivity contribution in [2.75, 3.05) is 13.6 Å². The summed E-state index contributed by atoms with van der Waals surface area (Å²) in [6.45, 7) is 0.778. The Hall–Kier alpha value is -1.04. The number of alkyl halides is 3. The van der Waals surface area contributed by atoms with Crippen molar-refractivity contribution in [2.24, 2.45) is 0 Å². The Morgan fingerprint density at radius 3 is 2.71 bits per heavy atom. The molecule has 0 spiro atoms. The summed E-state index contributed by atoms with van der Waals surface area (Å²) >= 11 is 0. The van der Waals surface area contributed by atoms with Crippen LogP contribution in [0.25, 0.3) is 0 Å². The minimum atomic E-state index is -4.35. The summed E-state index contributed by atoms with van der Waals surface area (Å²) < 4.78 is 36.3. The van der Waals surface area contributed by atoms with Crippen molar-refractivity contribution in [1.82, 2.24) is 15.5 Å². The largest absolute Gasteiger partial charge is 0.435 e. The highest BCUT2D eigenvalue weighted by atomic mass is 19.4. The van der Waals surface area contributed by atoms with E-state index in [1.165, 1.54) is 0 Å². The number of H-pyrrole nitrogens is 1. The van der Waals surface area contributed by atoms with Crippen molar-refractivity contribution in [3.8, 4) is 0 Å². The van der Waals surface area contributed by atoms with Gasteiger partial charge in [0.2, 0.25) is 0 Å². The van der Waals surface area contributed by atoms with Gasteiger partial charge in [0.1, 0.15) is 0 Å². The highest BCUT2D eigenvalue weighted by Crippen LogP contribution is 2.27. The monoisotopic (exact) mass is 207 g/mol. The molecule has 0 aliphatic carbocycles. The van der Waals surface area contributed by atoms with Crippen molar-refractivity contribution >= 4 is 0 Å². The Kier molecular flexibility index (Phi) is 3.51. The summed E-state index contributed by atoms with van der Waals surface area (Å²) in [5, 5.41) is 8.49. The van der Waals surface area contributed by atoms with Crippen LogP contribution in [0.1, 0.15) is 17.8 Å². The van der Waals surface area contributed by atoms with E-state index in [2.05, 4.69) is 15.5 Å². The average molecular weight is 207 g/mol. The van der Waals surface area contributed by atoms with E-state index in [0.717, 1.165) is 19.0 Å². The standard InChI is InChI=1S/C8H12F3N3/c1-12-4-2-3-6-5-7(14-13-6)8(9,10)11/h5,12H,2-4H2,1H3,(H,13,14). The first-order valence-electron chi connectivity index (χ1n) is 4.30. The number of rotatable bonds is 4. The molecule has 0 aromatic carbocycles. The summed E-state index contributed by atoms with van der Waals surface area (Å²) in [5.41, 5.74) is -0.329. The lowest BCUT2D eigenvalue weighted by atomic mass is 10.2. The number of nitrogens with one attached hydrogen (secondary N) is 2. The van der Waals surface area contributed by atoms with Gasteiger partial charge in [0.15, 0.2) is 5.69 Å². The Morgan fingerprint density at radius 2 is 2.21 bits per heavy atom. The fourth-order valence-corrected chi connectivity index (χ4v) is 1.09. The number of aromatic amines is 1. The molecule has 80 valence electrons. The van der Waals surface area contributed by atoms with Gasteiger partial charge in [0.05, 0.1) is 0 Å². The van der Waals surface area contributed by atoms with Crippen LogP contribution >= 0.6 is 0 Å². The van der Waals surface area contributed by atoms with Gasteiger partial charge in [-0.2, -0.15) is 18.3 Å². The molecule has 0 fully saturated rings. The minimum absolute atomic E-state index is 0.521. The molecule has 6 heteroatoms. The Balaban J connectivity index is 2.51. The Bertz CT molecular complexity index is 280. The van der Waals surface area contributed by atoms with Gasteiger partial charge in [-0.15, -0.1) is 0 Å². The van der Waals surface area contributed by atoms with E-state index in [1.54, 1.807) is 7.05 Å². The van der Waals surface area contributed by atoms with Crippen LogP contribution in [-0.4, -0.2) is 23.8 Å². The van der Waals surface area contributed by atoms with Crippen molar-refractivity contribution in [3.63, 3.8) is 0 Å². The second-order valence-corrected chi connectivity index (χ2v) is 2.98. The van der Waals surface area contributed by atoms with Crippen LogP contribution in [0, 0.1) is 0 Å². The number of halogens is 3. The maximum Gasteiger partial charge on any atom is 0.435 e. The van der Waals surface area contributed by atoms with E-state index in [-0.39, 0.29) is 0 Å². The second-order valence-electron chi connectivity index (χ2n) is 2.98. The fourth-order valence-electron chi connectivity index (χ4n) is 1.09. The third-order valence-corrected chi connectivity index (χ3v) is 1.79. The first-order chi connectivity index (χ1) is 6.54. The van der Waals surface area contributed by atoms with E-state index in [0.29, 0.717) is 12.1 Å². The Morgan fingerprint density at radius 1 is 1.50 bits per heavy atom. The van der Waals surface area contributed by atoms with Crippen LogP contribution in [-0.2, 0) is 12.6 Å². The first kappa shape index (κ1) is 11.0. The smallest absolute Gasteiger partial charge is 0.320 e. The lowest BCUT2D eigenvalue weighted by Crippen LogP contribution is -2.08. The molecule has 0 saturated heterocycles. The van der Waals surface area contributed by atoms with Crippen LogP contribution in [0.3, 0.4) is 0 Å². The average Bonchev–Trinajstić information content (AvgIpc) is 2.52. The molecule has 0 aliphatic heterocycles. The topological polar surface area (TPSA) is 40.7 Å². The van der Waals surface area contributed by atoms with Crippen molar-refractivity contribution in [1.29, 1.82) is 0 Å². The van der Waals surface area contributed by atoms with E-state index in [9.17, 15) is 13.2 Å². The molecule has 3 nitrogen and oxygen atoms in total. The summed E-state index contributed by atoms with van der Waals surface area (Å²) in [6, 6.07) is 1.05. The fraction of sp³-hybridized carbons (Fsp3) is 0.625. The predicted molar refractivity (Wildman–Crippen MR) is 45.8 cm³/mol. The third-order valence-electron chi connectivity index (χ3n) is 1.79. The van der Waals surface area contributed by atoms with E-state index < -0.39 is 11.9 Å². The quantitative estimate of drug-likeness (QED) is 0.736. The molecule has 0 unspecified atom stereocenters. The molecule has 14 heavy (non-hydrogen) atoms. The number of nitrogens with zero attached hydrogens (tertiary/aromatic N) is 1. The van der Waals surface area contributed by atoms with Gasteiger partial charge in [-0.25, -0.2) is 0 Å². The third kappa shape index (κ3) is 3.02. The molecule has 1 heterocycles. The highest BCUT2D eigenvalue weighted by molar-refractivity contribution is 5.11. The van der Waals surface area contributed by atoms with E-state index in [1.807, 2.05) is 0 Å². The minimum Gasteiger partial charge on any atom is -0.320 e. The number of aromatic nitrogens is 2. The van der Waals surface area contributed by atoms with Crippen LogP contribution in [0.5, 0.6) is 0 Å². The second kappa shape index (κ2) is 4.45. The maximum absolute atomic E-state index is 12.1. The summed E-state index contributed by atoms with van der Waals surface area (Å²) in [7, 11) is 1.80. The molecule has 2 N–H and O–H groups in total. The van der Waals surface area contributed by atoms with Gasteiger partial charge in [0, 0.05) is 5.69 Å². The maximum atomic E-state index is 12.1. The lowest BCUT2D eigenvalue weighted by molar-refractivity contribution is -0.141. The van der Waals surface area contributed by atoms with Gasteiger partial charge >= 0.3 is 6.18 Å². The molecular weight excluding hydrogens is 195 g/mol. The zero-order valence-corrected chi connectivity index (χ0v) is 7.78. The lowest BCUT2D eigenvalue weighted by Gasteiger charge is -1.99. The van der Waals surface area contributed by atoms with Gasteiger partial charge < -0.3 is 5.32 Å². The van der Waals surface area contributed by atoms with Crippen molar-refractivity contribution < 1.29 is 13.2 Å². The number of hydrogen-bond acceptors (Lipinski definition) is 2. The molecule has 0 atom stereocenters. The van der Waals surface area contributed by atoms with Crippen LogP contribution in [0.4, 0.5) is 13.2 Å². The highest BCUT2D eigenvalue weighted by Gasteiger charge is 2.33. The molecule has 0 bridgehead atoms. The van der Waals surface area contributed by atoms with Crippen LogP contribution in [0.2, 0.25) is 0 Å². The van der Waals surface area contributed by atoms with Gasteiger partial charge in [-0.1, -0.05) is 0 Å².